The fraction of sp³-hybridized carbons (Fsp3) is 0.549. The van der Waals surface area contributed by atoms with Crippen LogP contribution < -0.4 is 16.1 Å². The van der Waals surface area contributed by atoms with E-state index in [0.717, 1.165) is 70.6 Å². The standard InChI is InChI=1S/C51H68N8O7/c1-8-57-43-15-14-34-26-39(43)40(47(57)38-12-9-17-52-45(38)32(4)65-7)27-51(5,6)30-66-50(64)41-13-10-20-59(55-41)49(63)42(24-33-22-35(34)25-37(60)23-33)54-48(62)46(31(2)3)58-19-11-18-56(21-16-44(58)61)29-36-28-53-36/h9,12,14-15,17,22-23,25-26,31-32,36,41-42,46,53,55,60H,8,10-11,13,16,18-21,24,27-30H2,1-7H3,(H,54,62)/t32-,36+,41-,42-,46?/m0/s1. The van der Waals surface area contributed by atoms with Gasteiger partial charge < -0.3 is 39.6 Å². The van der Waals surface area contributed by atoms with Gasteiger partial charge in [0.05, 0.1) is 24.1 Å². The number of amides is 3. The summed E-state index contributed by atoms with van der Waals surface area (Å²) in [6.45, 7) is 17.1. The molecule has 4 aromatic rings. The number of cyclic esters (lactones) is 1. The van der Waals surface area contributed by atoms with Crippen molar-refractivity contribution in [2.75, 3.05) is 53.0 Å². The summed E-state index contributed by atoms with van der Waals surface area (Å²) in [6.07, 6.45) is 4.16. The first kappa shape index (κ1) is 47.2. The molecular formula is C51H68N8O7. The lowest BCUT2D eigenvalue weighted by Crippen LogP contribution is -2.62. The van der Waals surface area contributed by atoms with E-state index in [9.17, 15) is 24.3 Å². The topological polar surface area (TPSA) is 181 Å². The Labute approximate surface area is 388 Å². The van der Waals surface area contributed by atoms with Crippen molar-refractivity contribution in [3.8, 4) is 28.1 Å². The number of nitrogens with one attached hydrogen (secondary N) is 3. The van der Waals surface area contributed by atoms with Crippen molar-refractivity contribution in [3.05, 3.63) is 71.5 Å². The number of methoxy groups -OCH3 is 1. The van der Waals surface area contributed by atoms with Gasteiger partial charge in [0, 0.05) is 93.3 Å². The summed E-state index contributed by atoms with van der Waals surface area (Å²) in [6, 6.07) is 13.4. The second-order valence-corrected chi connectivity index (χ2v) is 19.8. The number of aromatic nitrogens is 2. The van der Waals surface area contributed by atoms with Gasteiger partial charge in [-0.25, -0.2) is 5.43 Å². The number of aromatic hydroxyl groups is 1. The molecule has 0 aliphatic carbocycles. The van der Waals surface area contributed by atoms with E-state index in [1.807, 2.05) is 39.0 Å². The molecule has 2 aromatic heterocycles. The first-order valence-electron chi connectivity index (χ1n) is 23.9. The summed E-state index contributed by atoms with van der Waals surface area (Å²) in [5.41, 5.74) is 9.79. The van der Waals surface area contributed by atoms with Crippen LogP contribution in [0.4, 0.5) is 0 Å². The lowest BCUT2D eigenvalue weighted by atomic mass is 9.84. The average molecular weight is 905 g/mol. The second kappa shape index (κ2) is 19.9. The van der Waals surface area contributed by atoms with Crippen molar-refractivity contribution < 1.29 is 33.8 Å². The average Bonchev–Trinajstić information content (AvgIpc) is 4.07. The van der Waals surface area contributed by atoms with E-state index >= 15 is 0 Å². The Morgan fingerprint density at radius 2 is 1.83 bits per heavy atom. The fourth-order valence-corrected chi connectivity index (χ4v) is 10.2. The molecule has 66 heavy (non-hydrogen) atoms. The Balaban J connectivity index is 1.19. The number of hydrogen-bond donors (Lipinski definition) is 4. The number of hydrogen-bond acceptors (Lipinski definition) is 11. The first-order chi connectivity index (χ1) is 31.6. The maximum Gasteiger partial charge on any atom is 0.324 e. The van der Waals surface area contributed by atoms with E-state index in [1.54, 1.807) is 30.3 Å². The molecule has 2 aromatic carbocycles. The molecule has 3 fully saturated rings. The monoisotopic (exact) mass is 905 g/mol. The van der Waals surface area contributed by atoms with Crippen LogP contribution in [0.2, 0.25) is 0 Å². The highest BCUT2D eigenvalue weighted by Crippen LogP contribution is 2.42. The zero-order chi connectivity index (χ0) is 46.9. The van der Waals surface area contributed by atoms with Crippen LogP contribution in [0.15, 0.2) is 54.7 Å². The second-order valence-electron chi connectivity index (χ2n) is 19.8. The maximum atomic E-state index is 14.8. The molecule has 6 bridgehead atoms. The zero-order valence-corrected chi connectivity index (χ0v) is 39.7. The number of ether oxygens (including phenoxy) is 2. The predicted octanol–water partition coefficient (Wildman–Crippen LogP) is 5.37. The van der Waals surface area contributed by atoms with Crippen molar-refractivity contribution in [3.63, 3.8) is 0 Å². The van der Waals surface area contributed by atoms with Crippen LogP contribution in [0.1, 0.15) is 90.2 Å². The summed E-state index contributed by atoms with van der Waals surface area (Å²) in [4.78, 5) is 66.0. The molecule has 3 saturated heterocycles. The van der Waals surface area contributed by atoms with E-state index in [-0.39, 0.29) is 36.7 Å². The van der Waals surface area contributed by atoms with Gasteiger partial charge in [-0.05, 0) is 111 Å². The molecule has 4 aliphatic heterocycles. The number of fused-ring (bicyclic) bond motifs is 6. The van der Waals surface area contributed by atoms with Crippen LogP contribution in [0, 0.1) is 11.3 Å². The maximum absolute atomic E-state index is 14.8. The molecular weight excluding hydrogens is 837 g/mol. The van der Waals surface area contributed by atoms with Crippen LogP contribution in [0.3, 0.4) is 0 Å². The van der Waals surface area contributed by atoms with Gasteiger partial charge in [-0.3, -0.25) is 29.2 Å². The number of carbonyl (C=O) groups excluding carboxylic acids is 4. The highest BCUT2D eigenvalue weighted by molar-refractivity contribution is 5.96. The minimum absolute atomic E-state index is 0.0213. The third-order valence-electron chi connectivity index (χ3n) is 13.7. The van der Waals surface area contributed by atoms with Gasteiger partial charge in [-0.1, -0.05) is 39.8 Å². The number of phenolic OH excluding ortho intramolecular Hbond substituents is 1. The molecule has 0 spiro atoms. The van der Waals surface area contributed by atoms with E-state index < -0.39 is 41.3 Å². The Kier molecular flexibility index (Phi) is 14.2. The Hall–Kier alpha value is -5.35. The van der Waals surface area contributed by atoms with E-state index in [1.165, 1.54) is 5.01 Å². The van der Waals surface area contributed by atoms with Gasteiger partial charge in [0.1, 0.15) is 23.9 Å². The van der Waals surface area contributed by atoms with Gasteiger partial charge in [0.15, 0.2) is 0 Å². The lowest BCUT2D eigenvalue weighted by molar-refractivity contribution is -0.155. The third kappa shape index (κ3) is 10.3. The van der Waals surface area contributed by atoms with Gasteiger partial charge in [0.2, 0.25) is 11.8 Å². The van der Waals surface area contributed by atoms with Crippen LogP contribution in [0.25, 0.3) is 33.3 Å². The number of esters is 1. The van der Waals surface area contributed by atoms with Crippen LogP contribution in [-0.2, 0) is 48.0 Å². The molecule has 15 nitrogen and oxygen atoms in total. The van der Waals surface area contributed by atoms with Gasteiger partial charge in [0.25, 0.3) is 5.91 Å². The highest BCUT2D eigenvalue weighted by Gasteiger charge is 2.39. The minimum Gasteiger partial charge on any atom is -0.508 e. The molecule has 4 aliphatic rings. The molecule has 0 radical (unpaired) electrons. The van der Waals surface area contributed by atoms with Gasteiger partial charge in [-0.15, -0.1) is 0 Å². The molecule has 3 amide bonds. The van der Waals surface area contributed by atoms with E-state index in [2.05, 4.69) is 64.5 Å². The molecule has 15 heteroatoms. The van der Waals surface area contributed by atoms with Gasteiger partial charge >= 0.3 is 5.97 Å². The predicted molar refractivity (Wildman–Crippen MR) is 253 cm³/mol. The normalized spacial score (nSPS) is 22.9. The number of pyridine rings is 1. The number of rotatable bonds is 10. The molecule has 5 atom stereocenters. The number of benzene rings is 2. The van der Waals surface area contributed by atoms with Crippen molar-refractivity contribution in [2.24, 2.45) is 11.3 Å². The number of phenols is 1. The molecule has 354 valence electrons. The first-order valence-corrected chi connectivity index (χ1v) is 23.9. The minimum atomic E-state index is -1.10. The summed E-state index contributed by atoms with van der Waals surface area (Å²) in [5, 5.41) is 20.2. The number of nitrogens with zero attached hydrogens (tertiary/aromatic N) is 5. The zero-order valence-electron chi connectivity index (χ0n) is 39.7. The lowest BCUT2D eigenvalue weighted by Gasteiger charge is -2.38. The summed E-state index contributed by atoms with van der Waals surface area (Å²) < 4.78 is 14.3. The van der Waals surface area contributed by atoms with Crippen molar-refractivity contribution in [2.45, 2.75) is 117 Å². The third-order valence-corrected chi connectivity index (χ3v) is 13.7. The Morgan fingerprint density at radius 3 is 2.58 bits per heavy atom. The molecule has 1 unspecified atom stereocenters. The summed E-state index contributed by atoms with van der Waals surface area (Å²) >= 11 is 0. The smallest absolute Gasteiger partial charge is 0.324 e. The Bertz CT molecular complexity index is 2450. The van der Waals surface area contributed by atoms with Crippen molar-refractivity contribution >= 4 is 34.6 Å². The molecule has 8 rings (SSSR count). The van der Waals surface area contributed by atoms with E-state index in [4.69, 9.17) is 14.5 Å². The summed E-state index contributed by atoms with van der Waals surface area (Å²) in [5.74, 6) is -1.60. The number of aryl methyl sites for hydroxylation is 1. The van der Waals surface area contributed by atoms with Crippen molar-refractivity contribution in [1.82, 2.24) is 40.4 Å². The highest BCUT2D eigenvalue weighted by atomic mass is 16.5. The number of hydrazine groups is 1. The fourth-order valence-electron chi connectivity index (χ4n) is 10.2. The molecule has 4 N–H and O–H groups in total. The van der Waals surface area contributed by atoms with Crippen molar-refractivity contribution in [1.29, 1.82) is 0 Å². The number of carbonyl (C=O) groups is 4. The largest absolute Gasteiger partial charge is 0.508 e. The molecule has 6 heterocycles. The SMILES string of the molecule is CCn1c(-c2cccnc2[C@H](C)OC)c2c3cc(ccc31)-c1cc(O)cc(c1)C[C@H](NC(=O)C(C(C)C)N1CCCN(C[C@H]3CN3)CCC1=O)C(=O)N1CCC[C@H](N1)C(=O)OCC(C)(C)C2. The quantitative estimate of drug-likeness (QED) is 0.119. The summed E-state index contributed by atoms with van der Waals surface area (Å²) in [7, 11) is 1.68. The van der Waals surface area contributed by atoms with Crippen LogP contribution >= 0.6 is 0 Å². The van der Waals surface area contributed by atoms with Crippen LogP contribution in [0.5, 0.6) is 5.75 Å². The van der Waals surface area contributed by atoms with Gasteiger partial charge in [-0.2, -0.15) is 0 Å². The Morgan fingerprint density at radius 1 is 1.03 bits per heavy atom. The van der Waals surface area contributed by atoms with Crippen LogP contribution in [-0.4, -0.2) is 130 Å². The molecule has 0 saturated carbocycles. The van der Waals surface area contributed by atoms with E-state index in [0.29, 0.717) is 63.5 Å².